The largest absolute Gasteiger partial charge is 0.497 e. The maximum atomic E-state index is 11.8. The maximum Gasteiger partial charge on any atom is 0.238 e. The summed E-state index contributed by atoms with van der Waals surface area (Å²) < 4.78 is 5.06. The number of nitrogens with zero attached hydrogens (tertiary/aromatic N) is 1. The zero-order chi connectivity index (χ0) is 13.5. The van der Waals surface area contributed by atoms with Gasteiger partial charge in [0.1, 0.15) is 5.75 Å². The second-order valence-electron chi connectivity index (χ2n) is 4.87. The number of rotatable bonds is 6. The van der Waals surface area contributed by atoms with E-state index in [1.807, 2.05) is 36.2 Å². The van der Waals surface area contributed by atoms with E-state index in [9.17, 15) is 4.79 Å². The number of methoxy groups -OCH3 is 1. The van der Waals surface area contributed by atoms with Gasteiger partial charge in [0.05, 0.1) is 13.7 Å². The third-order valence-corrected chi connectivity index (χ3v) is 2.46. The normalized spacial score (nSPS) is 10.8. The van der Waals surface area contributed by atoms with Gasteiger partial charge in [-0.15, -0.1) is 0 Å². The van der Waals surface area contributed by atoms with Crippen molar-refractivity contribution in [3.8, 4) is 5.75 Å². The summed E-state index contributed by atoms with van der Waals surface area (Å²) in [6, 6.07) is 7.32. The highest BCUT2D eigenvalue weighted by molar-refractivity contribution is 5.92. The van der Waals surface area contributed by atoms with E-state index >= 15 is 0 Å². The van der Waals surface area contributed by atoms with Crippen molar-refractivity contribution in [2.24, 2.45) is 5.92 Å². The highest BCUT2D eigenvalue weighted by Gasteiger charge is 2.08. The van der Waals surface area contributed by atoms with Crippen LogP contribution in [0.25, 0.3) is 0 Å². The molecule has 0 bridgehead atoms. The molecule has 0 unspecified atom stereocenters. The molecular weight excluding hydrogens is 228 g/mol. The van der Waals surface area contributed by atoms with E-state index < -0.39 is 0 Å². The Hall–Kier alpha value is -1.55. The van der Waals surface area contributed by atoms with Crippen LogP contribution < -0.4 is 10.1 Å². The molecule has 0 radical (unpaired) electrons. The predicted octanol–water partition coefficient (Wildman–Crippen LogP) is 2.22. The molecule has 1 amide bonds. The summed E-state index contributed by atoms with van der Waals surface area (Å²) in [7, 11) is 3.57. The van der Waals surface area contributed by atoms with Gasteiger partial charge >= 0.3 is 0 Å². The van der Waals surface area contributed by atoms with Crippen LogP contribution in [0, 0.1) is 5.92 Å². The molecule has 0 aromatic heterocycles. The van der Waals surface area contributed by atoms with Gasteiger partial charge in [-0.3, -0.25) is 9.69 Å². The molecule has 0 saturated carbocycles. The number of carbonyl (C=O) groups is 1. The van der Waals surface area contributed by atoms with E-state index in [1.165, 1.54) is 0 Å². The van der Waals surface area contributed by atoms with E-state index in [4.69, 9.17) is 4.74 Å². The standard InChI is InChI=1S/C14H22N2O2/c1-11(2)9-16(3)10-14(17)15-12-5-7-13(18-4)8-6-12/h5-8,11H,9-10H2,1-4H3,(H,15,17). The molecule has 1 aromatic carbocycles. The fourth-order valence-corrected chi connectivity index (χ4v) is 1.81. The fraction of sp³-hybridized carbons (Fsp3) is 0.500. The van der Waals surface area contributed by atoms with Gasteiger partial charge in [-0.25, -0.2) is 0 Å². The van der Waals surface area contributed by atoms with Crippen LogP contribution in [0.5, 0.6) is 5.75 Å². The molecule has 1 aromatic rings. The van der Waals surface area contributed by atoms with Gasteiger partial charge in [-0.05, 0) is 37.2 Å². The van der Waals surface area contributed by atoms with Crippen molar-refractivity contribution in [3.63, 3.8) is 0 Å². The summed E-state index contributed by atoms with van der Waals surface area (Å²) in [6.07, 6.45) is 0. The minimum Gasteiger partial charge on any atom is -0.497 e. The molecule has 1 N–H and O–H groups in total. The van der Waals surface area contributed by atoms with Gasteiger partial charge in [0.15, 0.2) is 0 Å². The van der Waals surface area contributed by atoms with Crippen LogP contribution in [-0.2, 0) is 4.79 Å². The Morgan fingerprint density at radius 3 is 2.44 bits per heavy atom. The summed E-state index contributed by atoms with van der Waals surface area (Å²) in [5.74, 6) is 1.34. The van der Waals surface area contributed by atoms with E-state index in [0.29, 0.717) is 12.5 Å². The molecule has 0 atom stereocenters. The van der Waals surface area contributed by atoms with Crippen molar-refractivity contribution in [2.45, 2.75) is 13.8 Å². The Balaban J connectivity index is 2.43. The average molecular weight is 250 g/mol. The van der Waals surface area contributed by atoms with Crippen LogP contribution >= 0.6 is 0 Å². The van der Waals surface area contributed by atoms with Crippen molar-refractivity contribution in [2.75, 3.05) is 32.6 Å². The Labute approximate surface area is 109 Å². The second kappa shape index (κ2) is 7.01. The van der Waals surface area contributed by atoms with E-state index in [0.717, 1.165) is 18.0 Å². The van der Waals surface area contributed by atoms with E-state index in [1.54, 1.807) is 7.11 Å². The lowest BCUT2D eigenvalue weighted by atomic mass is 10.2. The number of ether oxygens (including phenoxy) is 1. The maximum absolute atomic E-state index is 11.8. The summed E-state index contributed by atoms with van der Waals surface area (Å²) >= 11 is 0. The van der Waals surface area contributed by atoms with Gasteiger partial charge in [0, 0.05) is 12.2 Å². The number of benzene rings is 1. The molecule has 18 heavy (non-hydrogen) atoms. The molecule has 100 valence electrons. The van der Waals surface area contributed by atoms with Crippen molar-refractivity contribution >= 4 is 11.6 Å². The number of hydrogen-bond acceptors (Lipinski definition) is 3. The summed E-state index contributed by atoms with van der Waals surface area (Å²) in [5, 5.41) is 2.86. The third-order valence-electron chi connectivity index (χ3n) is 2.46. The lowest BCUT2D eigenvalue weighted by Gasteiger charge is -2.18. The zero-order valence-electron chi connectivity index (χ0n) is 11.6. The third kappa shape index (κ3) is 5.19. The molecule has 0 saturated heterocycles. The van der Waals surface area contributed by atoms with Gasteiger partial charge in [0.2, 0.25) is 5.91 Å². The predicted molar refractivity (Wildman–Crippen MR) is 74.0 cm³/mol. The molecule has 0 aliphatic carbocycles. The minimum atomic E-state index is 0.00307. The van der Waals surface area contributed by atoms with Gasteiger partial charge in [0.25, 0.3) is 0 Å². The average Bonchev–Trinajstić information content (AvgIpc) is 2.28. The minimum absolute atomic E-state index is 0.00307. The lowest BCUT2D eigenvalue weighted by molar-refractivity contribution is -0.117. The van der Waals surface area contributed by atoms with Crippen LogP contribution in [0.15, 0.2) is 24.3 Å². The molecule has 4 heteroatoms. The lowest BCUT2D eigenvalue weighted by Crippen LogP contribution is -2.32. The van der Waals surface area contributed by atoms with Crippen molar-refractivity contribution < 1.29 is 9.53 Å². The molecule has 0 aliphatic rings. The summed E-state index contributed by atoms with van der Waals surface area (Å²) in [5.41, 5.74) is 0.791. The van der Waals surface area contributed by atoms with Crippen LogP contribution in [0.2, 0.25) is 0 Å². The van der Waals surface area contributed by atoms with Crippen LogP contribution in [0.1, 0.15) is 13.8 Å². The Morgan fingerprint density at radius 1 is 1.33 bits per heavy atom. The first-order valence-electron chi connectivity index (χ1n) is 6.13. The first kappa shape index (κ1) is 14.5. The Morgan fingerprint density at radius 2 is 1.94 bits per heavy atom. The first-order chi connectivity index (χ1) is 8.51. The van der Waals surface area contributed by atoms with Gasteiger partial charge < -0.3 is 10.1 Å². The molecule has 0 aliphatic heterocycles. The summed E-state index contributed by atoms with van der Waals surface area (Å²) in [4.78, 5) is 13.8. The van der Waals surface area contributed by atoms with Gasteiger partial charge in [-0.2, -0.15) is 0 Å². The molecule has 4 nitrogen and oxygen atoms in total. The monoisotopic (exact) mass is 250 g/mol. The molecule has 0 heterocycles. The zero-order valence-corrected chi connectivity index (χ0v) is 11.6. The highest BCUT2D eigenvalue weighted by Crippen LogP contribution is 2.14. The molecule has 1 rings (SSSR count). The quantitative estimate of drug-likeness (QED) is 0.841. The molecule has 0 fully saturated rings. The molecular formula is C14H22N2O2. The summed E-state index contributed by atoms with van der Waals surface area (Å²) in [6.45, 7) is 5.59. The van der Waals surface area contributed by atoms with Crippen molar-refractivity contribution in [1.29, 1.82) is 0 Å². The second-order valence-corrected chi connectivity index (χ2v) is 4.87. The van der Waals surface area contributed by atoms with Crippen LogP contribution in [-0.4, -0.2) is 38.1 Å². The Kier molecular flexibility index (Phi) is 5.65. The van der Waals surface area contributed by atoms with Crippen LogP contribution in [0.3, 0.4) is 0 Å². The number of carbonyl (C=O) groups excluding carboxylic acids is 1. The smallest absolute Gasteiger partial charge is 0.238 e. The number of hydrogen-bond donors (Lipinski definition) is 1. The number of anilines is 1. The SMILES string of the molecule is COc1ccc(NC(=O)CN(C)CC(C)C)cc1. The highest BCUT2D eigenvalue weighted by atomic mass is 16.5. The van der Waals surface area contributed by atoms with Crippen LogP contribution in [0.4, 0.5) is 5.69 Å². The van der Waals surface area contributed by atoms with E-state index in [-0.39, 0.29) is 5.91 Å². The number of amides is 1. The van der Waals surface area contributed by atoms with Gasteiger partial charge in [-0.1, -0.05) is 13.8 Å². The molecule has 0 spiro atoms. The fourth-order valence-electron chi connectivity index (χ4n) is 1.81. The first-order valence-corrected chi connectivity index (χ1v) is 6.13. The number of likely N-dealkylation sites (N-methyl/N-ethyl adjacent to an activating group) is 1. The Bertz CT molecular complexity index is 374. The van der Waals surface area contributed by atoms with Crippen molar-refractivity contribution in [1.82, 2.24) is 4.90 Å². The van der Waals surface area contributed by atoms with E-state index in [2.05, 4.69) is 19.2 Å². The topological polar surface area (TPSA) is 41.6 Å². The van der Waals surface area contributed by atoms with Crippen molar-refractivity contribution in [3.05, 3.63) is 24.3 Å². The number of nitrogens with one attached hydrogen (secondary N) is 1.